The number of likely N-dealkylation sites (tertiary alicyclic amines) is 1. The number of hydrogen-bond donors (Lipinski definition) is 6. The number of carbonyl (C=O) groups excluding carboxylic acids is 3. The fourth-order valence-corrected chi connectivity index (χ4v) is 5.59. The van der Waals surface area contributed by atoms with E-state index in [1.165, 1.54) is 23.6 Å². The Morgan fingerprint density at radius 1 is 1.04 bits per heavy atom. The number of amides is 4. The van der Waals surface area contributed by atoms with Crippen LogP contribution in [0.3, 0.4) is 0 Å². The molecule has 0 bridgehead atoms. The van der Waals surface area contributed by atoms with Gasteiger partial charge in [0.05, 0.1) is 18.7 Å². The maximum atomic E-state index is 13.4. The maximum Gasteiger partial charge on any atom is 0.404 e. The Balaban J connectivity index is 1.42. The molecule has 1 aliphatic rings. The summed E-state index contributed by atoms with van der Waals surface area (Å²) >= 11 is 1.08. The number of benzene rings is 2. The molecule has 0 aliphatic carbocycles. The molecule has 0 radical (unpaired) electrons. The van der Waals surface area contributed by atoms with Gasteiger partial charge in [0.25, 0.3) is 5.91 Å². The highest BCUT2D eigenvalue weighted by molar-refractivity contribution is 7.10. The van der Waals surface area contributed by atoms with Crippen LogP contribution in [-0.4, -0.2) is 83.3 Å². The molecule has 4 amide bonds. The summed E-state index contributed by atoms with van der Waals surface area (Å²) in [6.45, 7) is -4.36. The van der Waals surface area contributed by atoms with Gasteiger partial charge in [-0.2, -0.15) is 8.78 Å². The molecule has 1 fully saturated rings. The second kappa shape index (κ2) is 15.6. The zero-order valence-corrected chi connectivity index (χ0v) is 24.8. The molecular formula is C29H30F2N6O8S. The Morgan fingerprint density at radius 3 is 2.39 bits per heavy atom. The summed E-state index contributed by atoms with van der Waals surface area (Å²) in [5.74, 6) is -1.23. The summed E-state index contributed by atoms with van der Waals surface area (Å²) in [7, 11) is 0. The van der Waals surface area contributed by atoms with Gasteiger partial charge in [-0.15, -0.1) is 11.3 Å². The first-order chi connectivity index (χ1) is 22.0. The fraction of sp³-hybridized carbons (Fsp3) is 0.276. The predicted molar refractivity (Wildman–Crippen MR) is 160 cm³/mol. The van der Waals surface area contributed by atoms with Gasteiger partial charge in [0, 0.05) is 40.9 Å². The lowest BCUT2D eigenvalue weighted by atomic mass is 10.1. The first-order valence-electron chi connectivity index (χ1n) is 13.7. The number of rotatable bonds is 13. The van der Waals surface area contributed by atoms with Gasteiger partial charge in [-0.1, -0.05) is 23.4 Å². The molecule has 1 aliphatic heterocycles. The van der Waals surface area contributed by atoms with E-state index >= 15 is 0 Å². The molecule has 1 unspecified atom stereocenters. The molecule has 0 spiro atoms. The van der Waals surface area contributed by atoms with Crippen molar-refractivity contribution in [1.29, 1.82) is 0 Å². The smallest absolute Gasteiger partial charge is 0.404 e. The van der Waals surface area contributed by atoms with Crippen molar-refractivity contribution in [2.75, 3.05) is 19.6 Å². The molecule has 46 heavy (non-hydrogen) atoms. The highest BCUT2D eigenvalue weighted by Gasteiger charge is 2.41. The van der Waals surface area contributed by atoms with Crippen LogP contribution in [0.5, 0.6) is 11.5 Å². The normalized spacial score (nSPS) is 16.9. The zero-order valence-electron chi connectivity index (χ0n) is 24.0. The van der Waals surface area contributed by atoms with E-state index in [0.717, 1.165) is 16.2 Å². The van der Waals surface area contributed by atoms with Crippen LogP contribution in [0.25, 0.3) is 0 Å². The van der Waals surface area contributed by atoms with Crippen LogP contribution >= 0.6 is 11.3 Å². The lowest BCUT2D eigenvalue weighted by Crippen LogP contribution is -2.50. The summed E-state index contributed by atoms with van der Waals surface area (Å²) in [6.07, 6.45) is -2.83. The third-order valence-corrected chi connectivity index (χ3v) is 7.86. The summed E-state index contributed by atoms with van der Waals surface area (Å²) in [5.41, 5.74) is 6.15. The van der Waals surface area contributed by atoms with E-state index in [-0.39, 0.29) is 30.9 Å². The molecule has 2 aromatic carbocycles. The van der Waals surface area contributed by atoms with Crippen molar-refractivity contribution in [2.24, 2.45) is 10.9 Å². The van der Waals surface area contributed by atoms with E-state index in [2.05, 4.69) is 25.8 Å². The molecule has 1 aromatic heterocycles. The SMILES string of the molecule is NC(=NO)c1csc(C(CNC(=O)O)NC(=O)[C@@H]2C[C@@H](OC(F)F)CN2C(=O)CNC(=O)c2ccc(Oc3ccccc3)cc2)c1. The van der Waals surface area contributed by atoms with E-state index < -0.39 is 55.2 Å². The van der Waals surface area contributed by atoms with Crippen molar-refractivity contribution in [1.82, 2.24) is 20.9 Å². The highest BCUT2D eigenvalue weighted by Crippen LogP contribution is 2.26. The number of alkyl halides is 2. The second-order valence-electron chi connectivity index (χ2n) is 9.91. The van der Waals surface area contributed by atoms with Crippen LogP contribution in [0, 0.1) is 0 Å². The lowest BCUT2D eigenvalue weighted by Gasteiger charge is -2.26. The summed E-state index contributed by atoms with van der Waals surface area (Å²) in [5, 5.41) is 29.8. The highest BCUT2D eigenvalue weighted by atomic mass is 32.1. The van der Waals surface area contributed by atoms with Gasteiger partial charge in [0.1, 0.15) is 17.5 Å². The van der Waals surface area contributed by atoms with E-state index in [0.29, 0.717) is 21.9 Å². The lowest BCUT2D eigenvalue weighted by molar-refractivity contribution is -0.160. The Bertz CT molecular complexity index is 1560. The number of nitrogens with zero attached hydrogens (tertiary/aromatic N) is 2. The number of thiophene rings is 1. The number of carboxylic acid groups (broad SMARTS) is 1. The molecule has 7 N–H and O–H groups in total. The third-order valence-electron chi connectivity index (χ3n) is 6.82. The third kappa shape index (κ3) is 9.12. The molecule has 3 aromatic rings. The number of carbonyl (C=O) groups is 4. The van der Waals surface area contributed by atoms with E-state index in [1.807, 2.05) is 18.2 Å². The monoisotopic (exact) mass is 660 g/mol. The van der Waals surface area contributed by atoms with Crippen LogP contribution in [0.4, 0.5) is 13.6 Å². The van der Waals surface area contributed by atoms with Crippen molar-refractivity contribution in [3.05, 3.63) is 82.0 Å². The Morgan fingerprint density at radius 2 is 1.74 bits per heavy atom. The topological polar surface area (TPSA) is 205 Å². The number of halogens is 2. The van der Waals surface area contributed by atoms with Gasteiger partial charge in [-0.05, 0) is 42.5 Å². The van der Waals surface area contributed by atoms with Gasteiger partial charge in [0.2, 0.25) is 11.8 Å². The van der Waals surface area contributed by atoms with Gasteiger partial charge in [0.15, 0.2) is 5.84 Å². The Labute approximate surface area is 264 Å². The minimum Gasteiger partial charge on any atom is -0.465 e. The number of para-hydroxylation sites is 1. The van der Waals surface area contributed by atoms with Crippen molar-refractivity contribution >= 4 is 41.0 Å². The van der Waals surface area contributed by atoms with E-state index in [9.17, 15) is 28.0 Å². The van der Waals surface area contributed by atoms with Crippen LogP contribution in [-0.2, 0) is 14.3 Å². The Hall–Kier alpha value is -5.29. The van der Waals surface area contributed by atoms with Crippen LogP contribution in [0.1, 0.15) is 33.3 Å². The van der Waals surface area contributed by atoms with E-state index in [4.69, 9.17) is 20.8 Å². The standard InChI is InChI=1S/C29H30F2N6O8S/c30-28(31)45-20-11-22(27(40)35-21(12-34-29(41)42)23-10-17(15-46-23)25(32)36-43)37(14-20)24(38)13-33-26(39)16-6-8-19(9-7-16)44-18-4-2-1-3-5-18/h1-10,15,20-22,28,34,43H,11-14H2,(H2,32,36)(H,33,39)(H,35,40)(H,41,42)/t20-,21?,22+/m1/s1. The molecule has 0 saturated carbocycles. The molecule has 14 nitrogen and oxygen atoms in total. The van der Waals surface area contributed by atoms with Gasteiger partial charge in [-0.25, -0.2) is 4.79 Å². The maximum absolute atomic E-state index is 13.4. The summed E-state index contributed by atoms with van der Waals surface area (Å²) < 4.78 is 36.4. The van der Waals surface area contributed by atoms with Crippen LogP contribution in [0.15, 0.2) is 71.2 Å². The summed E-state index contributed by atoms with van der Waals surface area (Å²) in [4.78, 5) is 52.0. The molecule has 1 saturated heterocycles. The zero-order chi connectivity index (χ0) is 33.2. The first-order valence-corrected chi connectivity index (χ1v) is 14.6. The average Bonchev–Trinajstić information content (AvgIpc) is 3.70. The van der Waals surface area contributed by atoms with Gasteiger partial charge in [-0.3, -0.25) is 14.4 Å². The summed E-state index contributed by atoms with van der Waals surface area (Å²) in [6, 6.07) is 14.4. The molecule has 244 valence electrons. The number of hydrogen-bond acceptors (Lipinski definition) is 9. The average molecular weight is 661 g/mol. The Kier molecular flexibility index (Phi) is 11.4. The minimum absolute atomic E-state index is 0.211. The number of nitrogens with two attached hydrogens (primary N) is 1. The largest absolute Gasteiger partial charge is 0.465 e. The fourth-order valence-electron chi connectivity index (χ4n) is 4.63. The predicted octanol–water partition coefficient (Wildman–Crippen LogP) is 2.70. The van der Waals surface area contributed by atoms with Crippen LogP contribution < -0.4 is 26.4 Å². The molecule has 3 atom stereocenters. The van der Waals surface area contributed by atoms with Gasteiger partial charge < -0.3 is 46.4 Å². The number of amidine groups is 1. The van der Waals surface area contributed by atoms with E-state index in [1.54, 1.807) is 24.3 Å². The molecule has 4 rings (SSSR count). The molecular weight excluding hydrogens is 630 g/mol. The van der Waals surface area contributed by atoms with Crippen molar-refractivity contribution in [2.45, 2.75) is 31.2 Å². The van der Waals surface area contributed by atoms with Gasteiger partial charge >= 0.3 is 12.7 Å². The molecule has 17 heteroatoms. The number of nitrogens with one attached hydrogen (secondary N) is 3. The minimum atomic E-state index is -3.16. The van der Waals surface area contributed by atoms with Crippen molar-refractivity contribution in [3.8, 4) is 11.5 Å². The number of oxime groups is 1. The molecule has 2 heterocycles. The quantitative estimate of drug-likeness (QED) is 0.0689. The van der Waals surface area contributed by atoms with Crippen molar-refractivity contribution < 1.29 is 47.7 Å². The second-order valence-corrected chi connectivity index (χ2v) is 10.9. The number of ether oxygens (including phenoxy) is 2. The van der Waals surface area contributed by atoms with Crippen molar-refractivity contribution in [3.63, 3.8) is 0 Å². The first kappa shape index (κ1) is 33.6. The van der Waals surface area contributed by atoms with Crippen LogP contribution in [0.2, 0.25) is 0 Å².